The van der Waals surface area contributed by atoms with E-state index in [1.807, 2.05) is 0 Å². The molecular weight excluding hydrogens is 466 g/mol. The number of carbonyl (C=O) groups is 1. The molecule has 0 saturated carbocycles. The Hall–Kier alpha value is -1.56. The third kappa shape index (κ3) is 13.1. The van der Waals surface area contributed by atoms with Crippen molar-refractivity contribution in [3.05, 3.63) is 33.1 Å². The second kappa shape index (κ2) is 17.0. The number of carbonyl (C=O) groups excluding carboxylic acids is 1. The zero-order valence-corrected chi connectivity index (χ0v) is 20.0. The highest BCUT2D eigenvalue weighted by atomic mass is 31.2. The van der Waals surface area contributed by atoms with Gasteiger partial charge in [0.15, 0.2) is 8.38 Å². The predicted octanol–water partition coefficient (Wildman–Crippen LogP) is -0.260. The van der Waals surface area contributed by atoms with Crippen LogP contribution in [0.5, 0.6) is 0 Å². The van der Waals surface area contributed by atoms with Gasteiger partial charge in [-0.3, -0.25) is 19.1 Å². The molecule has 2 heterocycles. The molecule has 1 saturated heterocycles. The van der Waals surface area contributed by atoms with Crippen molar-refractivity contribution < 1.29 is 34.5 Å². The highest BCUT2D eigenvalue weighted by molar-refractivity contribution is 7.45. The summed E-state index contributed by atoms with van der Waals surface area (Å²) >= 11 is 0. The number of ether oxygens (including phenoxy) is 1. The molecule has 15 heteroatoms. The van der Waals surface area contributed by atoms with Crippen LogP contribution in [0.25, 0.3) is 0 Å². The summed E-state index contributed by atoms with van der Waals surface area (Å²) in [4.78, 5) is 64.8. The van der Waals surface area contributed by atoms with Crippen LogP contribution in [0.15, 0.2) is 26.8 Å². The normalized spacial score (nSPS) is 18.0. The van der Waals surface area contributed by atoms with Crippen LogP contribution in [-0.4, -0.2) is 67.1 Å². The maximum atomic E-state index is 11.6. The van der Waals surface area contributed by atoms with Gasteiger partial charge in [0.25, 0.3) is 5.56 Å². The van der Waals surface area contributed by atoms with Crippen LogP contribution >= 0.6 is 16.3 Å². The second-order valence-corrected chi connectivity index (χ2v) is 9.86. The fourth-order valence-electron chi connectivity index (χ4n) is 2.34. The summed E-state index contributed by atoms with van der Waals surface area (Å²) in [5, 5.41) is 18.5. The lowest BCUT2D eigenvalue weighted by Crippen LogP contribution is -2.31. The van der Waals surface area contributed by atoms with Crippen LogP contribution in [0.3, 0.4) is 0 Å². The highest BCUT2D eigenvalue weighted by Crippen LogP contribution is 2.30. The molecular formula is C17H32N4O9P2. The number of rotatable bonds is 7. The van der Waals surface area contributed by atoms with Gasteiger partial charge in [0.1, 0.15) is 19.0 Å². The number of aliphatic hydroxyl groups is 1. The van der Waals surface area contributed by atoms with Crippen molar-refractivity contribution in [3.63, 3.8) is 0 Å². The number of aromatic nitrogens is 2. The first-order valence-corrected chi connectivity index (χ1v) is 12.5. The number of aliphatic hydroxyl groups excluding tert-OH is 1. The Morgan fingerprint density at radius 1 is 1.44 bits per heavy atom. The molecule has 0 bridgehead atoms. The molecule has 3 unspecified atom stereocenters. The SMILES string of the molecule is CC(C)P(O)O.CNC(=O)CO.O=c1ccn(C2CCC(CCC/[P+]([O-])=N/O)O2)c(=O)[nH]1. The molecule has 0 radical (unpaired) electrons. The lowest BCUT2D eigenvalue weighted by atomic mass is 10.1. The minimum atomic E-state index is -1.88. The summed E-state index contributed by atoms with van der Waals surface area (Å²) in [6.45, 7) is 3.12. The topological polar surface area (TPSA) is 210 Å². The minimum absolute atomic E-state index is 0.0130. The number of nitrogens with one attached hydrogen (secondary N) is 2. The molecule has 6 N–H and O–H groups in total. The number of nitrogens with zero attached hydrogens (tertiary/aromatic N) is 2. The zero-order valence-electron chi connectivity index (χ0n) is 18.2. The van der Waals surface area contributed by atoms with Gasteiger partial charge in [-0.1, -0.05) is 13.8 Å². The van der Waals surface area contributed by atoms with E-state index in [0.29, 0.717) is 25.4 Å². The average molecular weight is 498 g/mol. The van der Waals surface area contributed by atoms with E-state index in [9.17, 15) is 19.3 Å². The van der Waals surface area contributed by atoms with Crippen molar-refractivity contribution in [3.8, 4) is 0 Å². The van der Waals surface area contributed by atoms with E-state index >= 15 is 0 Å². The Bertz CT molecular complexity index is 802. The Labute approximate surface area is 187 Å². The van der Waals surface area contributed by atoms with E-state index in [1.165, 1.54) is 23.9 Å². The number of hydrogen-bond donors (Lipinski definition) is 6. The van der Waals surface area contributed by atoms with Crippen molar-refractivity contribution in [1.82, 2.24) is 14.9 Å². The standard InChI is InChI=1S/C11H16N3O5P.C3H7NO2.C3H9O2P/c15-9-5-6-14(11(16)12-9)10-4-3-8(19-10)2-1-7-20(18)13-17;1-4-3(6)2-5;1-3(2)6(4)5/h5-6,8,10,17H,1-4,7H2,(H,12,15,16);5H,2H2,1H3,(H,4,6);3-5H,1-2H3. The number of likely N-dealkylation sites (N-methyl/N-ethyl adjacent to an activating group) is 1. The molecule has 0 aliphatic carbocycles. The van der Waals surface area contributed by atoms with Crippen molar-refractivity contribution in [2.45, 2.75) is 57.5 Å². The van der Waals surface area contributed by atoms with Crippen LogP contribution < -0.4 is 21.5 Å². The van der Waals surface area contributed by atoms with E-state index in [0.717, 1.165) is 6.42 Å². The fraction of sp³-hybridized carbons (Fsp3) is 0.706. The Balaban J connectivity index is 0.000000662. The molecule has 1 aliphatic heterocycles. The van der Waals surface area contributed by atoms with Crippen molar-refractivity contribution in [1.29, 1.82) is 0 Å². The van der Waals surface area contributed by atoms with Crippen molar-refractivity contribution in [2.75, 3.05) is 19.8 Å². The number of amides is 1. The molecule has 184 valence electrons. The summed E-state index contributed by atoms with van der Waals surface area (Å²) < 4.78 is 7.10. The molecule has 1 aliphatic rings. The van der Waals surface area contributed by atoms with Gasteiger partial charge < -0.3 is 29.8 Å². The van der Waals surface area contributed by atoms with E-state index in [-0.39, 0.29) is 23.9 Å². The smallest absolute Gasteiger partial charge is 0.330 e. The van der Waals surface area contributed by atoms with Gasteiger partial charge in [-0.05, 0) is 25.7 Å². The Kier molecular flexibility index (Phi) is 16.2. The third-order valence-corrected chi connectivity index (χ3v) is 5.93. The summed E-state index contributed by atoms with van der Waals surface area (Å²) in [6.07, 6.45) is 4.19. The van der Waals surface area contributed by atoms with Crippen LogP contribution in [0.2, 0.25) is 0 Å². The molecule has 3 atom stereocenters. The van der Waals surface area contributed by atoms with Crippen LogP contribution in [0.1, 0.15) is 45.8 Å². The predicted molar refractivity (Wildman–Crippen MR) is 117 cm³/mol. The van der Waals surface area contributed by atoms with E-state index in [1.54, 1.807) is 13.8 Å². The first-order valence-electron chi connectivity index (χ1n) is 9.80. The molecule has 1 fully saturated rings. The van der Waals surface area contributed by atoms with Crippen molar-refractivity contribution >= 4 is 22.2 Å². The van der Waals surface area contributed by atoms with E-state index in [4.69, 9.17) is 24.8 Å². The Morgan fingerprint density at radius 2 is 2.06 bits per heavy atom. The van der Waals surface area contributed by atoms with Gasteiger partial charge >= 0.3 is 5.69 Å². The van der Waals surface area contributed by atoms with Crippen LogP contribution in [-0.2, 0) is 9.53 Å². The molecule has 32 heavy (non-hydrogen) atoms. The van der Waals surface area contributed by atoms with Crippen LogP contribution in [0.4, 0.5) is 0 Å². The van der Waals surface area contributed by atoms with Gasteiger partial charge in [0.05, 0.1) is 6.10 Å². The Morgan fingerprint density at radius 3 is 2.50 bits per heavy atom. The number of H-pyrrole nitrogens is 1. The highest BCUT2D eigenvalue weighted by Gasteiger charge is 2.27. The first kappa shape index (κ1) is 30.4. The quantitative estimate of drug-likeness (QED) is 0.216. The summed E-state index contributed by atoms with van der Waals surface area (Å²) in [5.74, 6) is -0.352. The third-order valence-electron chi connectivity index (χ3n) is 4.11. The molecule has 0 aromatic carbocycles. The number of hydrogen-bond acceptors (Lipinski definition) is 9. The van der Waals surface area contributed by atoms with E-state index < -0.39 is 34.2 Å². The maximum absolute atomic E-state index is 11.6. The first-order chi connectivity index (χ1) is 15.0. The van der Waals surface area contributed by atoms with Gasteiger partial charge in [-0.25, -0.2) is 10.0 Å². The monoisotopic (exact) mass is 498 g/mol. The number of aromatic amines is 1. The lowest BCUT2D eigenvalue weighted by Gasteiger charge is -2.15. The van der Waals surface area contributed by atoms with Gasteiger partial charge in [-0.15, -0.1) is 0 Å². The molecule has 0 spiro atoms. The van der Waals surface area contributed by atoms with Gasteiger partial charge in [0.2, 0.25) is 13.8 Å². The summed E-state index contributed by atoms with van der Waals surface area (Å²) in [6, 6.07) is 1.28. The zero-order chi connectivity index (χ0) is 24.7. The molecule has 2 rings (SSSR count). The van der Waals surface area contributed by atoms with Crippen molar-refractivity contribution in [2.24, 2.45) is 4.91 Å². The molecule has 1 aromatic rings. The summed E-state index contributed by atoms with van der Waals surface area (Å²) in [5.41, 5.74) is -0.886. The average Bonchev–Trinajstić information content (AvgIpc) is 3.22. The van der Waals surface area contributed by atoms with E-state index in [2.05, 4.69) is 15.2 Å². The fourth-order valence-corrected chi connectivity index (χ4v) is 2.88. The molecule has 1 amide bonds. The maximum Gasteiger partial charge on any atom is 0.330 e. The van der Waals surface area contributed by atoms with Gasteiger partial charge in [0, 0.05) is 29.9 Å². The summed E-state index contributed by atoms with van der Waals surface area (Å²) in [7, 11) is -2.07. The van der Waals surface area contributed by atoms with Crippen LogP contribution in [0, 0.1) is 0 Å². The molecule has 1 aromatic heterocycles. The molecule has 13 nitrogen and oxygen atoms in total. The second-order valence-electron chi connectivity index (χ2n) is 6.86. The largest absolute Gasteiger partial charge is 0.610 e. The minimum Gasteiger partial charge on any atom is -0.610 e. The lowest BCUT2D eigenvalue weighted by molar-refractivity contribution is -0.157. The van der Waals surface area contributed by atoms with Gasteiger partial charge in [-0.2, -0.15) is 0 Å².